The highest BCUT2D eigenvalue weighted by molar-refractivity contribution is 5.76. The molecule has 0 saturated heterocycles. The van der Waals surface area contributed by atoms with Gasteiger partial charge < -0.3 is 5.32 Å². The van der Waals surface area contributed by atoms with E-state index in [2.05, 4.69) is 18.3 Å². The van der Waals surface area contributed by atoms with Crippen molar-refractivity contribution in [2.75, 3.05) is 0 Å². The van der Waals surface area contributed by atoms with E-state index < -0.39 is 0 Å². The maximum Gasteiger partial charge on any atom is 0.220 e. The second kappa shape index (κ2) is 7.09. The van der Waals surface area contributed by atoms with E-state index in [1.165, 1.54) is 12.8 Å². The summed E-state index contributed by atoms with van der Waals surface area (Å²) in [6, 6.07) is 9.92. The smallest absolute Gasteiger partial charge is 0.220 e. The second-order valence-corrected chi connectivity index (χ2v) is 5.84. The maximum absolute atomic E-state index is 12.0. The third-order valence-electron chi connectivity index (χ3n) is 4.03. The van der Waals surface area contributed by atoms with E-state index in [4.69, 9.17) is 5.26 Å². The van der Waals surface area contributed by atoms with Crippen molar-refractivity contribution in [2.45, 2.75) is 51.5 Å². The number of carbonyl (C=O) groups excluding carboxylic acids is 1. The van der Waals surface area contributed by atoms with Crippen LogP contribution in [0.15, 0.2) is 24.3 Å². The van der Waals surface area contributed by atoms with E-state index in [1.54, 1.807) is 12.1 Å². The Hall–Kier alpha value is -1.82. The van der Waals surface area contributed by atoms with Crippen molar-refractivity contribution in [3.05, 3.63) is 35.4 Å². The molecular weight excluding hydrogens is 248 g/mol. The normalized spacial score (nSPS) is 22.0. The number of carbonyl (C=O) groups is 1. The Kier molecular flexibility index (Phi) is 5.17. The van der Waals surface area contributed by atoms with Gasteiger partial charge in [-0.25, -0.2) is 0 Å². The van der Waals surface area contributed by atoms with Crippen LogP contribution in [0.4, 0.5) is 0 Å². The molecule has 2 atom stereocenters. The second-order valence-electron chi connectivity index (χ2n) is 5.84. The van der Waals surface area contributed by atoms with Gasteiger partial charge in [-0.15, -0.1) is 0 Å². The lowest BCUT2D eigenvalue weighted by Crippen LogP contribution is -2.38. The molecule has 1 aromatic carbocycles. The molecule has 1 aliphatic carbocycles. The molecule has 0 spiro atoms. The molecule has 3 heteroatoms. The summed E-state index contributed by atoms with van der Waals surface area (Å²) in [5.74, 6) is 0.876. The maximum atomic E-state index is 12.0. The average molecular weight is 270 g/mol. The van der Waals surface area contributed by atoms with Gasteiger partial charge in [-0.3, -0.25) is 4.79 Å². The molecule has 1 aromatic rings. The van der Waals surface area contributed by atoms with Gasteiger partial charge in [0.25, 0.3) is 0 Å². The topological polar surface area (TPSA) is 52.9 Å². The van der Waals surface area contributed by atoms with E-state index in [-0.39, 0.29) is 5.91 Å². The number of aryl methyl sites for hydroxylation is 1. The zero-order chi connectivity index (χ0) is 14.4. The van der Waals surface area contributed by atoms with Crippen molar-refractivity contribution in [3.63, 3.8) is 0 Å². The van der Waals surface area contributed by atoms with Crippen molar-refractivity contribution in [1.29, 1.82) is 5.26 Å². The van der Waals surface area contributed by atoms with Crippen LogP contribution in [-0.2, 0) is 11.2 Å². The minimum absolute atomic E-state index is 0.147. The largest absolute Gasteiger partial charge is 0.353 e. The first kappa shape index (κ1) is 14.6. The van der Waals surface area contributed by atoms with Crippen LogP contribution in [0.1, 0.15) is 50.2 Å². The average Bonchev–Trinajstić information content (AvgIpc) is 2.46. The molecule has 1 amide bonds. The Morgan fingerprint density at radius 3 is 2.75 bits per heavy atom. The van der Waals surface area contributed by atoms with Crippen molar-refractivity contribution >= 4 is 5.91 Å². The molecule has 0 heterocycles. The summed E-state index contributed by atoms with van der Waals surface area (Å²) in [7, 11) is 0. The Bertz CT molecular complexity index is 487. The lowest BCUT2D eigenvalue weighted by Gasteiger charge is -2.27. The number of rotatable bonds is 4. The first-order valence-corrected chi connectivity index (χ1v) is 7.46. The zero-order valence-electron chi connectivity index (χ0n) is 12.1. The highest BCUT2D eigenvalue weighted by Crippen LogP contribution is 2.23. The standard InChI is InChI=1S/C17H22N2O/c1-13-3-2-4-16(11-13)19-17(20)10-9-14-5-7-15(12-18)8-6-14/h5-8,13,16H,2-4,9-11H2,1H3,(H,19,20). The quantitative estimate of drug-likeness (QED) is 0.913. The van der Waals surface area contributed by atoms with Gasteiger partial charge in [-0.1, -0.05) is 31.9 Å². The summed E-state index contributed by atoms with van der Waals surface area (Å²) in [6.45, 7) is 2.26. The Morgan fingerprint density at radius 1 is 1.35 bits per heavy atom. The summed E-state index contributed by atoms with van der Waals surface area (Å²) in [4.78, 5) is 12.0. The fourth-order valence-corrected chi connectivity index (χ4v) is 2.87. The summed E-state index contributed by atoms with van der Waals surface area (Å²) in [5.41, 5.74) is 1.77. The number of amides is 1. The summed E-state index contributed by atoms with van der Waals surface area (Å²) >= 11 is 0. The van der Waals surface area contributed by atoms with Crippen LogP contribution in [-0.4, -0.2) is 11.9 Å². The zero-order valence-corrected chi connectivity index (χ0v) is 12.1. The third kappa shape index (κ3) is 4.38. The number of hydrogen-bond donors (Lipinski definition) is 1. The van der Waals surface area contributed by atoms with Gasteiger partial charge in [-0.05, 0) is 42.9 Å². The summed E-state index contributed by atoms with van der Waals surface area (Å²) in [5, 5.41) is 11.9. The molecule has 106 valence electrons. The van der Waals surface area contributed by atoms with Crippen molar-refractivity contribution < 1.29 is 4.79 Å². The molecule has 20 heavy (non-hydrogen) atoms. The third-order valence-corrected chi connectivity index (χ3v) is 4.03. The minimum Gasteiger partial charge on any atom is -0.353 e. The number of benzene rings is 1. The monoisotopic (exact) mass is 270 g/mol. The van der Waals surface area contributed by atoms with Crippen LogP contribution >= 0.6 is 0 Å². The Labute approximate surface area is 121 Å². The molecular formula is C17H22N2O. The van der Waals surface area contributed by atoms with E-state index in [0.29, 0.717) is 18.0 Å². The SMILES string of the molecule is CC1CCCC(NC(=O)CCc2ccc(C#N)cc2)C1. The number of nitriles is 1. The molecule has 0 bridgehead atoms. The van der Waals surface area contributed by atoms with Crippen LogP contribution in [0, 0.1) is 17.2 Å². The lowest BCUT2D eigenvalue weighted by atomic mass is 9.87. The van der Waals surface area contributed by atoms with Crippen molar-refractivity contribution in [2.24, 2.45) is 5.92 Å². The summed E-state index contributed by atoms with van der Waals surface area (Å²) in [6.07, 6.45) is 6.01. The molecule has 1 fully saturated rings. The summed E-state index contributed by atoms with van der Waals surface area (Å²) < 4.78 is 0. The predicted octanol–water partition coefficient (Wildman–Crippen LogP) is 3.19. The molecule has 0 aromatic heterocycles. The fourth-order valence-electron chi connectivity index (χ4n) is 2.87. The number of hydrogen-bond acceptors (Lipinski definition) is 2. The van der Waals surface area contributed by atoms with Crippen LogP contribution in [0.2, 0.25) is 0 Å². The van der Waals surface area contributed by atoms with E-state index >= 15 is 0 Å². The molecule has 1 aliphatic rings. The molecule has 2 unspecified atom stereocenters. The van der Waals surface area contributed by atoms with Crippen molar-refractivity contribution in [1.82, 2.24) is 5.32 Å². The van der Waals surface area contributed by atoms with Crippen LogP contribution < -0.4 is 5.32 Å². The molecule has 3 nitrogen and oxygen atoms in total. The highest BCUT2D eigenvalue weighted by Gasteiger charge is 2.20. The molecule has 1 N–H and O–H groups in total. The molecule has 1 saturated carbocycles. The van der Waals surface area contributed by atoms with Crippen molar-refractivity contribution in [3.8, 4) is 6.07 Å². The molecule has 2 rings (SSSR count). The lowest BCUT2D eigenvalue weighted by molar-refractivity contribution is -0.122. The number of nitrogens with one attached hydrogen (secondary N) is 1. The van der Waals surface area contributed by atoms with E-state index in [0.717, 1.165) is 30.7 Å². The Balaban J connectivity index is 1.75. The predicted molar refractivity (Wildman–Crippen MR) is 79.0 cm³/mol. The Morgan fingerprint density at radius 2 is 2.10 bits per heavy atom. The number of nitrogens with zero attached hydrogens (tertiary/aromatic N) is 1. The fraction of sp³-hybridized carbons (Fsp3) is 0.529. The van der Waals surface area contributed by atoms with Gasteiger partial charge in [0.05, 0.1) is 11.6 Å². The molecule has 0 radical (unpaired) electrons. The van der Waals surface area contributed by atoms with E-state index in [9.17, 15) is 4.79 Å². The van der Waals surface area contributed by atoms with Crippen LogP contribution in [0.5, 0.6) is 0 Å². The first-order chi connectivity index (χ1) is 9.67. The highest BCUT2D eigenvalue weighted by atomic mass is 16.1. The van der Waals surface area contributed by atoms with Gasteiger partial charge in [0.15, 0.2) is 0 Å². The first-order valence-electron chi connectivity index (χ1n) is 7.46. The molecule has 0 aliphatic heterocycles. The van der Waals surface area contributed by atoms with Crippen LogP contribution in [0.25, 0.3) is 0 Å². The van der Waals surface area contributed by atoms with Gasteiger partial charge in [0, 0.05) is 12.5 Å². The minimum atomic E-state index is 0.147. The van der Waals surface area contributed by atoms with Gasteiger partial charge in [0.1, 0.15) is 0 Å². The van der Waals surface area contributed by atoms with Gasteiger partial charge in [-0.2, -0.15) is 5.26 Å². The van der Waals surface area contributed by atoms with E-state index in [1.807, 2.05) is 12.1 Å². The van der Waals surface area contributed by atoms with Crippen LogP contribution in [0.3, 0.4) is 0 Å². The van der Waals surface area contributed by atoms with Gasteiger partial charge in [0.2, 0.25) is 5.91 Å². The van der Waals surface area contributed by atoms with Gasteiger partial charge >= 0.3 is 0 Å².